The number of fused-ring (bicyclic) bond motifs is 6. The fourth-order valence-corrected chi connectivity index (χ4v) is 3.86. The van der Waals surface area contributed by atoms with E-state index in [9.17, 15) is 5.11 Å². The molecular weight excluding hydrogens is 316 g/mol. The van der Waals surface area contributed by atoms with Crippen LogP contribution in [0.3, 0.4) is 0 Å². The number of benzene rings is 2. The molecule has 0 spiro atoms. The van der Waals surface area contributed by atoms with Gasteiger partial charge in [0.1, 0.15) is 29.5 Å². The molecule has 2 aromatic carbocycles. The largest absolute Gasteiger partial charge is 0.489 e. The topological polar surface area (TPSA) is 47.9 Å². The van der Waals surface area contributed by atoms with Crippen LogP contribution in [0.5, 0.6) is 17.2 Å². The van der Waals surface area contributed by atoms with Gasteiger partial charge in [-0.25, -0.2) is 0 Å². The highest BCUT2D eigenvalue weighted by molar-refractivity contribution is 5.66. The number of ether oxygens (including phenoxy) is 3. The standard InChI is InChI=1S/C21H20O4/c1-12-4-5-15-18(8-12)24-19-14-9-13-6-7-20(2,3)25-16(13)10-17(14)23-11-21(15,19)22/h4-10,19,22H,11H2,1-3H3. The van der Waals surface area contributed by atoms with Gasteiger partial charge in [-0.1, -0.05) is 18.2 Å². The van der Waals surface area contributed by atoms with Crippen LogP contribution in [0.15, 0.2) is 36.4 Å². The summed E-state index contributed by atoms with van der Waals surface area (Å²) in [5.74, 6) is 2.24. The molecule has 2 unspecified atom stereocenters. The Bertz CT molecular complexity index is 928. The van der Waals surface area contributed by atoms with Gasteiger partial charge in [0.2, 0.25) is 0 Å². The summed E-state index contributed by atoms with van der Waals surface area (Å²) in [6, 6.07) is 9.80. The molecule has 4 nitrogen and oxygen atoms in total. The second kappa shape index (κ2) is 4.58. The monoisotopic (exact) mass is 336 g/mol. The molecule has 0 aliphatic carbocycles. The summed E-state index contributed by atoms with van der Waals surface area (Å²) >= 11 is 0. The van der Waals surface area contributed by atoms with Gasteiger partial charge in [0.05, 0.1) is 0 Å². The van der Waals surface area contributed by atoms with Crippen LogP contribution in [0.1, 0.15) is 42.2 Å². The summed E-state index contributed by atoms with van der Waals surface area (Å²) in [5.41, 5.74) is 2.22. The zero-order chi connectivity index (χ0) is 17.4. The number of rotatable bonds is 0. The molecule has 1 N–H and O–H groups in total. The predicted molar refractivity (Wildman–Crippen MR) is 94.1 cm³/mol. The van der Waals surface area contributed by atoms with Gasteiger partial charge in [-0.3, -0.25) is 0 Å². The molecule has 3 heterocycles. The summed E-state index contributed by atoms with van der Waals surface area (Å²) in [4.78, 5) is 0. The van der Waals surface area contributed by atoms with E-state index in [1.165, 1.54) is 0 Å². The van der Waals surface area contributed by atoms with Crippen LogP contribution in [0.4, 0.5) is 0 Å². The summed E-state index contributed by atoms with van der Waals surface area (Å²) in [5, 5.41) is 11.3. The van der Waals surface area contributed by atoms with Gasteiger partial charge >= 0.3 is 0 Å². The highest BCUT2D eigenvalue weighted by Crippen LogP contribution is 2.54. The minimum Gasteiger partial charge on any atom is -0.489 e. The first-order valence-electron chi connectivity index (χ1n) is 8.55. The van der Waals surface area contributed by atoms with Crippen LogP contribution < -0.4 is 14.2 Å². The van der Waals surface area contributed by atoms with Crippen molar-refractivity contribution in [3.63, 3.8) is 0 Å². The molecule has 5 rings (SSSR count). The molecule has 128 valence electrons. The van der Waals surface area contributed by atoms with E-state index in [2.05, 4.69) is 6.08 Å². The van der Waals surface area contributed by atoms with Crippen LogP contribution in [-0.2, 0) is 5.60 Å². The van der Waals surface area contributed by atoms with Crippen LogP contribution in [-0.4, -0.2) is 17.3 Å². The Balaban J connectivity index is 1.63. The summed E-state index contributed by atoms with van der Waals surface area (Å²) in [6.07, 6.45) is 3.62. The van der Waals surface area contributed by atoms with Gasteiger partial charge in [0.15, 0.2) is 11.7 Å². The average molecular weight is 336 g/mol. The third kappa shape index (κ3) is 2.04. The first kappa shape index (κ1) is 14.8. The SMILES string of the molecule is Cc1ccc2c(c1)OC1c3cc4c(cc3OCC21O)OC(C)(C)C=C4. The van der Waals surface area contributed by atoms with Crippen LogP contribution in [0.25, 0.3) is 6.08 Å². The molecular formula is C21H20O4. The second-order valence-electron chi connectivity index (χ2n) is 7.68. The van der Waals surface area contributed by atoms with E-state index in [1.807, 2.05) is 57.2 Å². The lowest BCUT2D eigenvalue weighted by molar-refractivity contribution is -0.0864. The number of hydrogen-bond acceptors (Lipinski definition) is 4. The van der Waals surface area contributed by atoms with Crippen molar-refractivity contribution < 1.29 is 19.3 Å². The molecule has 0 amide bonds. The Morgan fingerprint density at radius 2 is 1.92 bits per heavy atom. The van der Waals surface area contributed by atoms with Gasteiger partial charge in [-0.05, 0) is 44.5 Å². The molecule has 3 aliphatic rings. The van der Waals surface area contributed by atoms with Crippen molar-refractivity contribution in [2.24, 2.45) is 0 Å². The van der Waals surface area contributed by atoms with Crippen molar-refractivity contribution in [3.05, 3.63) is 58.7 Å². The maximum atomic E-state index is 11.3. The van der Waals surface area contributed by atoms with Gasteiger partial charge in [-0.15, -0.1) is 0 Å². The minimum absolute atomic E-state index is 0.165. The zero-order valence-electron chi connectivity index (χ0n) is 14.5. The van der Waals surface area contributed by atoms with E-state index in [1.54, 1.807) is 0 Å². The first-order chi connectivity index (χ1) is 11.9. The van der Waals surface area contributed by atoms with E-state index in [4.69, 9.17) is 14.2 Å². The molecule has 0 saturated carbocycles. The van der Waals surface area contributed by atoms with Crippen molar-refractivity contribution in [3.8, 4) is 17.2 Å². The Kier molecular flexibility index (Phi) is 2.72. The van der Waals surface area contributed by atoms with Crippen LogP contribution >= 0.6 is 0 Å². The molecule has 0 radical (unpaired) electrons. The molecule has 2 atom stereocenters. The third-order valence-corrected chi connectivity index (χ3v) is 5.19. The van der Waals surface area contributed by atoms with Gasteiger partial charge < -0.3 is 19.3 Å². The normalized spacial score (nSPS) is 27.1. The first-order valence-corrected chi connectivity index (χ1v) is 8.55. The van der Waals surface area contributed by atoms with Gasteiger partial charge in [0.25, 0.3) is 0 Å². The van der Waals surface area contributed by atoms with Crippen molar-refractivity contribution in [2.45, 2.75) is 38.1 Å². The maximum absolute atomic E-state index is 11.3. The summed E-state index contributed by atoms with van der Waals surface area (Å²) < 4.78 is 18.1. The quantitative estimate of drug-likeness (QED) is 0.793. The van der Waals surface area contributed by atoms with E-state index >= 15 is 0 Å². The number of aliphatic hydroxyl groups is 1. The number of aryl methyl sites for hydroxylation is 1. The maximum Gasteiger partial charge on any atom is 0.168 e. The molecule has 3 aliphatic heterocycles. The fourth-order valence-electron chi connectivity index (χ4n) is 3.86. The fraction of sp³-hybridized carbons (Fsp3) is 0.333. The molecule has 0 saturated heterocycles. The van der Waals surface area contributed by atoms with Gasteiger partial charge in [0, 0.05) is 22.8 Å². The Morgan fingerprint density at radius 3 is 2.76 bits per heavy atom. The van der Waals surface area contributed by atoms with Crippen molar-refractivity contribution >= 4 is 6.08 Å². The zero-order valence-corrected chi connectivity index (χ0v) is 14.5. The summed E-state index contributed by atoms with van der Waals surface area (Å²) in [7, 11) is 0. The lowest BCUT2D eigenvalue weighted by Crippen LogP contribution is -2.41. The summed E-state index contributed by atoms with van der Waals surface area (Å²) in [6.45, 7) is 6.22. The Hall–Kier alpha value is -2.46. The van der Waals surface area contributed by atoms with Crippen molar-refractivity contribution in [1.29, 1.82) is 0 Å². The van der Waals surface area contributed by atoms with E-state index in [0.717, 1.165) is 33.8 Å². The number of hydrogen-bond donors (Lipinski definition) is 1. The average Bonchev–Trinajstić information content (AvgIpc) is 2.85. The van der Waals surface area contributed by atoms with Crippen molar-refractivity contribution in [2.75, 3.05) is 6.61 Å². The van der Waals surface area contributed by atoms with Crippen LogP contribution in [0.2, 0.25) is 0 Å². The predicted octanol–water partition coefficient (Wildman–Crippen LogP) is 3.89. The van der Waals surface area contributed by atoms with Crippen LogP contribution in [0, 0.1) is 6.92 Å². The third-order valence-electron chi connectivity index (χ3n) is 5.19. The van der Waals surface area contributed by atoms with E-state index in [0.29, 0.717) is 5.75 Å². The minimum atomic E-state index is -1.16. The molecule has 0 bridgehead atoms. The smallest absolute Gasteiger partial charge is 0.168 e. The van der Waals surface area contributed by atoms with E-state index in [-0.39, 0.29) is 12.2 Å². The van der Waals surface area contributed by atoms with Gasteiger partial charge in [-0.2, -0.15) is 0 Å². The Labute approximate surface area is 146 Å². The molecule has 25 heavy (non-hydrogen) atoms. The molecule has 4 heteroatoms. The molecule has 2 aromatic rings. The van der Waals surface area contributed by atoms with Crippen molar-refractivity contribution in [1.82, 2.24) is 0 Å². The molecule has 0 fully saturated rings. The highest BCUT2D eigenvalue weighted by Gasteiger charge is 2.53. The lowest BCUT2D eigenvalue weighted by Gasteiger charge is -2.36. The van der Waals surface area contributed by atoms with E-state index < -0.39 is 11.7 Å². The Morgan fingerprint density at radius 1 is 1.08 bits per heavy atom. The molecule has 0 aromatic heterocycles. The lowest BCUT2D eigenvalue weighted by atomic mass is 9.84. The second-order valence-corrected chi connectivity index (χ2v) is 7.68. The highest BCUT2D eigenvalue weighted by atomic mass is 16.5.